The van der Waals surface area contributed by atoms with Gasteiger partial charge < -0.3 is 14.6 Å². The number of amides is 1. The van der Waals surface area contributed by atoms with E-state index in [1.807, 2.05) is 36.4 Å². The number of nitro benzene ring substituents is 1. The topological polar surface area (TPSA) is 132 Å². The molecule has 1 amide bonds. The number of carbonyl (C=O) groups is 2. The van der Waals surface area contributed by atoms with Gasteiger partial charge in [0.25, 0.3) is 11.6 Å². The molecule has 10 nitrogen and oxygen atoms in total. The van der Waals surface area contributed by atoms with Gasteiger partial charge in [-0.2, -0.15) is 0 Å². The minimum atomic E-state index is -1.03. The van der Waals surface area contributed by atoms with Gasteiger partial charge in [0.05, 0.1) is 34.7 Å². The Morgan fingerprint density at radius 2 is 1.64 bits per heavy atom. The molecule has 5 aromatic carbocycles. The van der Waals surface area contributed by atoms with Crippen molar-refractivity contribution in [1.82, 2.24) is 4.90 Å². The smallest absolute Gasteiger partial charge is 0.335 e. The first kappa shape index (κ1) is 31.1. The van der Waals surface area contributed by atoms with Crippen LogP contribution in [0.1, 0.15) is 27.0 Å². The molecule has 0 saturated carbocycles. The molecule has 11 heteroatoms. The normalized spacial score (nSPS) is 14.6. The number of aliphatic imine (C=N–C) groups is 1. The first-order valence-electron chi connectivity index (χ1n) is 14.4. The van der Waals surface area contributed by atoms with Gasteiger partial charge in [-0.1, -0.05) is 42.5 Å². The maximum absolute atomic E-state index is 14.1. The van der Waals surface area contributed by atoms with E-state index in [4.69, 9.17) is 14.5 Å². The summed E-state index contributed by atoms with van der Waals surface area (Å²) in [5, 5.41) is 22.7. The summed E-state index contributed by atoms with van der Waals surface area (Å²) in [4.78, 5) is 42.8. The number of fused-ring (bicyclic) bond motifs is 1. The SMILES string of the molecule is COc1ccc(N=C2S/C(=C\c3c(OCc4ccc([N+](=O)[O-])cc4)ccc4ccccc34)C(=O)N2Cc2ccc(C(=O)O)cc2)cc1. The average molecular weight is 646 g/mol. The Balaban J connectivity index is 1.37. The predicted molar refractivity (Wildman–Crippen MR) is 181 cm³/mol. The second-order valence-corrected chi connectivity index (χ2v) is 11.5. The van der Waals surface area contributed by atoms with Crippen LogP contribution in [0.3, 0.4) is 0 Å². The van der Waals surface area contributed by atoms with Gasteiger partial charge in [0.15, 0.2) is 5.17 Å². The number of nitrogens with zero attached hydrogens (tertiary/aromatic N) is 3. The molecule has 1 heterocycles. The molecular weight excluding hydrogens is 618 g/mol. The number of methoxy groups -OCH3 is 1. The number of carbonyl (C=O) groups excluding carboxylic acids is 1. The van der Waals surface area contributed by atoms with Crippen molar-refractivity contribution < 1.29 is 29.1 Å². The molecule has 6 rings (SSSR count). The van der Waals surface area contributed by atoms with Crippen molar-refractivity contribution in [3.05, 3.63) is 146 Å². The van der Waals surface area contributed by atoms with Crippen molar-refractivity contribution in [2.45, 2.75) is 13.2 Å². The zero-order valence-corrected chi connectivity index (χ0v) is 25.8. The lowest BCUT2D eigenvalue weighted by Crippen LogP contribution is -2.28. The molecule has 0 radical (unpaired) electrons. The molecule has 1 aliphatic rings. The molecule has 0 spiro atoms. The van der Waals surface area contributed by atoms with E-state index in [0.717, 1.165) is 21.9 Å². The molecule has 234 valence electrons. The predicted octanol–water partition coefficient (Wildman–Crippen LogP) is 7.84. The van der Waals surface area contributed by atoms with Crippen LogP contribution in [0.4, 0.5) is 11.4 Å². The Morgan fingerprint density at radius 1 is 0.936 bits per heavy atom. The Hall–Kier alpha value is -5.94. The van der Waals surface area contributed by atoms with Crippen molar-refractivity contribution >= 4 is 57.0 Å². The van der Waals surface area contributed by atoms with E-state index in [1.54, 1.807) is 66.6 Å². The minimum Gasteiger partial charge on any atom is -0.497 e. The number of benzene rings is 5. The standard InChI is InChI=1S/C36H27N3O7S/c1-45-29-17-13-27(14-18-29)37-36-38(21-23-6-10-26(11-7-23)35(41)42)34(40)33(47-36)20-31-30-5-3-2-4-25(30)12-19-32(31)46-22-24-8-15-28(16-9-24)39(43)44/h2-20H,21-22H2,1H3,(H,41,42)/b33-20-,37-36?. The summed E-state index contributed by atoms with van der Waals surface area (Å²) in [6.07, 6.45) is 1.80. The monoisotopic (exact) mass is 645 g/mol. The fourth-order valence-corrected chi connectivity index (χ4v) is 5.97. The number of carboxylic acids is 1. The molecule has 47 heavy (non-hydrogen) atoms. The first-order chi connectivity index (χ1) is 22.8. The number of amidine groups is 1. The lowest BCUT2D eigenvalue weighted by molar-refractivity contribution is -0.384. The largest absolute Gasteiger partial charge is 0.497 e. The molecule has 1 fully saturated rings. The Morgan fingerprint density at radius 3 is 2.32 bits per heavy atom. The number of nitro groups is 1. The van der Waals surface area contributed by atoms with Crippen molar-refractivity contribution in [3.8, 4) is 11.5 Å². The number of carboxylic acid groups (broad SMARTS) is 1. The fourth-order valence-electron chi connectivity index (χ4n) is 4.99. The second-order valence-electron chi connectivity index (χ2n) is 10.5. The van der Waals surface area contributed by atoms with Crippen molar-refractivity contribution in [2.75, 3.05) is 7.11 Å². The van der Waals surface area contributed by atoms with Crippen LogP contribution >= 0.6 is 11.8 Å². The molecule has 1 N–H and O–H groups in total. The number of rotatable bonds is 10. The van der Waals surface area contributed by atoms with Crippen molar-refractivity contribution in [3.63, 3.8) is 0 Å². The lowest BCUT2D eigenvalue weighted by Gasteiger charge is -2.16. The van der Waals surface area contributed by atoms with Gasteiger partial charge in [-0.3, -0.25) is 19.8 Å². The summed E-state index contributed by atoms with van der Waals surface area (Å²) in [7, 11) is 1.58. The second kappa shape index (κ2) is 13.6. The van der Waals surface area contributed by atoms with Crippen molar-refractivity contribution in [1.29, 1.82) is 0 Å². The van der Waals surface area contributed by atoms with Crippen LogP contribution in [-0.4, -0.2) is 39.1 Å². The molecule has 0 unspecified atom stereocenters. The van der Waals surface area contributed by atoms with Gasteiger partial charge in [0.1, 0.15) is 18.1 Å². The van der Waals surface area contributed by atoms with E-state index in [0.29, 0.717) is 32.8 Å². The zero-order chi connectivity index (χ0) is 32.9. The number of thioether (sulfide) groups is 1. The maximum atomic E-state index is 14.1. The summed E-state index contributed by atoms with van der Waals surface area (Å²) >= 11 is 1.23. The molecule has 5 aromatic rings. The third-order valence-electron chi connectivity index (χ3n) is 7.47. The van der Waals surface area contributed by atoms with Gasteiger partial charge in [0.2, 0.25) is 0 Å². The van der Waals surface area contributed by atoms with Gasteiger partial charge in [0, 0.05) is 17.7 Å². The maximum Gasteiger partial charge on any atom is 0.335 e. The Bertz CT molecular complexity index is 2040. The van der Waals surface area contributed by atoms with Gasteiger partial charge >= 0.3 is 5.97 Å². The van der Waals surface area contributed by atoms with Crippen LogP contribution in [-0.2, 0) is 17.9 Å². The third kappa shape index (κ3) is 7.00. The highest BCUT2D eigenvalue weighted by Crippen LogP contribution is 2.39. The van der Waals surface area contributed by atoms with E-state index < -0.39 is 10.9 Å². The minimum absolute atomic E-state index is 0.00357. The summed E-state index contributed by atoms with van der Waals surface area (Å²) in [5.74, 6) is -0.0755. The fraction of sp³-hybridized carbons (Fsp3) is 0.0833. The van der Waals surface area contributed by atoms with Crippen molar-refractivity contribution in [2.24, 2.45) is 4.99 Å². The van der Waals surface area contributed by atoms with Gasteiger partial charge in [-0.25, -0.2) is 9.79 Å². The van der Waals surface area contributed by atoms with E-state index in [2.05, 4.69) is 0 Å². The first-order valence-corrected chi connectivity index (χ1v) is 15.2. The van der Waals surface area contributed by atoms with E-state index in [-0.39, 0.29) is 30.3 Å². The Kier molecular flexibility index (Phi) is 8.98. The lowest BCUT2D eigenvalue weighted by atomic mass is 10.0. The van der Waals surface area contributed by atoms with Crippen LogP contribution in [0.25, 0.3) is 16.8 Å². The number of non-ortho nitro benzene ring substituents is 1. The highest BCUT2D eigenvalue weighted by molar-refractivity contribution is 8.18. The summed E-state index contributed by atoms with van der Waals surface area (Å²) < 4.78 is 11.5. The molecule has 0 aliphatic carbocycles. The molecule has 0 bridgehead atoms. The Labute approximate surface area is 273 Å². The highest BCUT2D eigenvalue weighted by Gasteiger charge is 2.34. The number of ether oxygens (including phenoxy) is 2. The summed E-state index contributed by atoms with van der Waals surface area (Å²) in [6.45, 7) is 0.341. The van der Waals surface area contributed by atoms with Gasteiger partial charge in [-0.05, 0) is 94.3 Å². The van der Waals surface area contributed by atoms with Crippen LogP contribution in [0.2, 0.25) is 0 Å². The molecule has 0 atom stereocenters. The van der Waals surface area contributed by atoms with Crippen LogP contribution < -0.4 is 9.47 Å². The highest BCUT2D eigenvalue weighted by atomic mass is 32.2. The number of hydrogen-bond acceptors (Lipinski definition) is 8. The summed E-state index contributed by atoms with van der Waals surface area (Å²) in [6, 6.07) is 31.3. The summed E-state index contributed by atoms with van der Waals surface area (Å²) in [5.41, 5.74) is 2.98. The van der Waals surface area contributed by atoms with Crippen LogP contribution in [0.15, 0.2) is 119 Å². The van der Waals surface area contributed by atoms with E-state index >= 15 is 0 Å². The van der Waals surface area contributed by atoms with E-state index in [1.165, 1.54) is 36.0 Å². The number of hydrogen-bond donors (Lipinski definition) is 1. The molecular formula is C36H27N3O7S. The molecule has 1 saturated heterocycles. The number of aromatic carboxylic acids is 1. The van der Waals surface area contributed by atoms with Crippen LogP contribution in [0.5, 0.6) is 11.5 Å². The molecule has 0 aromatic heterocycles. The van der Waals surface area contributed by atoms with E-state index in [9.17, 15) is 24.8 Å². The third-order valence-corrected chi connectivity index (χ3v) is 8.48. The van der Waals surface area contributed by atoms with Crippen LogP contribution in [0, 0.1) is 10.1 Å². The average Bonchev–Trinajstić information content (AvgIpc) is 3.37. The van der Waals surface area contributed by atoms with Gasteiger partial charge in [-0.15, -0.1) is 0 Å². The quantitative estimate of drug-likeness (QED) is 0.0923. The molecule has 1 aliphatic heterocycles. The zero-order valence-electron chi connectivity index (χ0n) is 25.0.